The standard InChI is InChI=1S/C11H23NO2/c1-8(2)9-4-10(5-9)12-11(6-13)7-14-3/h8-13H,4-7H2,1-3H3. The number of ether oxygens (including phenoxy) is 1. The molecule has 0 saturated heterocycles. The molecule has 2 N–H and O–H groups in total. The third-order valence-electron chi connectivity index (χ3n) is 3.18. The highest BCUT2D eigenvalue weighted by molar-refractivity contribution is 4.88. The zero-order chi connectivity index (χ0) is 10.6. The maximum Gasteiger partial charge on any atom is 0.0638 e. The van der Waals surface area contributed by atoms with Gasteiger partial charge in [0, 0.05) is 13.2 Å². The van der Waals surface area contributed by atoms with E-state index in [0.29, 0.717) is 12.6 Å². The number of hydrogen-bond acceptors (Lipinski definition) is 3. The Kier molecular flexibility index (Phi) is 4.85. The molecule has 1 aliphatic rings. The van der Waals surface area contributed by atoms with Crippen molar-refractivity contribution in [3.8, 4) is 0 Å². The summed E-state index contributed by atoms with van der Waals surface area (Å²) in [5, 5.41) is 12.5. The minimum atomic E-state index is 0.109. The Bertz CT molecular complexity index is 155. The van der Waals surface area contributed by atoms with Crippen molar-refractivity contribution in [3.05, 3.63) is 0 Å². The van der Waals surface area contributed by atoms with E-state index in [4.69, 9.17) is 9.84 Å². The molecule has 0 aromatic heterocycles. The maximum absolute atomic E-state index is 9.06. The number of aliphatic hydroxyl groups is 1. The molecule has 1 saturated carbocycles. The molecular formula is C11H23NO2. The molecule has 0 aromatic rings. The summed E-state index contributed by atoms with van der Waals surface area (Å²) in [4.78, 5) is 0. The SMILES string of the molecule is COCC(CO)NC1CC(C(C)C)C1. The van der Waals surface area contributed by atoms with E-state index in [1.54, 1.807) is 7.11 Å². The minimum Gasteiger partial charge on any atom is -0.395 e. The summed E-state index contributed by atoms with van der Waals surface area (Å²) in [6, 6.07) is 0.702. The smallest absolute Gasteiger partial charge is 0.0638 e. The summed E-state index contributed by atoms with van der Waals surface area (Å²) >= 11 is 0. The molecule has 14 heavy (non-hydrogen) atoms. The lowest BCUT2D eigenvalue weighted by Gasteiger charge is -2.40. The van der Waals surface area contributed by atoms with Gasteiger partial charge in [0.15, 0.2) is 0 Å². The average molecular weight is 201 g/mol. The lowest BCUT2D eigenvalue weighted by atomic mass is 9.73. The van der Waals surface area contributed by atoms with Crippen LogP contribution in [-0.2, 0) is 4.74 Å². The minimum absolute atomic E-state index is 0.109. The summed E-state index contributed by atoms with van der Waals surface area (Å²) in [5.41, 5.74) is 0. The molecule has 1 fully saturated rings. The van der Waals surface area contributed by atoms with Crippen molar-refractivity contribution < 1.29 is 9.84 Å². The quantitative estimate of drug-likeness (QED) is 0.674. The fourth-order valence-electron chi connectivity index (χ4n) is 2.03. The van der Waals surface area contributed by atoms with Crippen molar-refractivity contribution in [1.82, 2.24) is 5.32 Å². The molecule has 0 radical (unpaired) electrons. The summed E-state index contributed by atoms with van der Waals surface area (Å²) < 4.78 is 5.02. The van der Waals surface area contributed by atoms with Gasteiger partial charge in [0.05, 0.1) is 19.3 Å². The second-order valence-corrected chi connectivity index (χ2v) is 4.67. The fraction of sp³-hybridized carbons (Fsp3) is 1.00. The summed E-state index contributed by atoms with van der Waals surface area (Å²) in [5.74, 6) is 1.66. The van der Waals surface area contributed by atoms with Gasteiger partial charge in [-0.05, 0) is 24.7 Å². The van der Waals surface area contributed by atoms with Gasteiger partial charge in [0.1, 0.15) is 0 Å². The maximum atomic E-state index is 9.06. The highest BCUT2D eigenvalue weighted by atomic mass is 16.5. The average Bonchev–Trinajstić information content (AvgIpc) is 2.07. The van der Waals surface area contributed by atoms with Gasteiger partial charge < -0.3 is 15.2 Å². The Balaban J connectivity index is 2.14. The van der Waals surface area contributed by atoms with Crippen molar-refractivity contribution in [2.75, 3.05) is 20.3 Å². The first-order chi connectivity index (χ1) is 6.67. The second kappa shape index (κ2) is 5.69. The largest absolute Gasteiger partial charge is 0.395 e. The molecule has 1 rings (SSSR count). The van der Waals surface area contributed by atoms with E-state index < -0.39 is 0 Å². The molecule has 84 valence electrons. The third kappa shape index (κ3) is 3.23. The van der Waals surface area contributed by atoms with E-state index in [1.165, 1.54) is 12.8 Å². The molecule has 0 aliphatic heterocycles. The first kappa shape index (κ1) is 12.0. The van der Waals surface area contributed by atoms with Crippen molar-refractivity contribution >= 4 is 0 Å². The molecule has 1 atom stereocenters. The summed E-state index contributed by atoms with van der Waals surface area (Å²) in [7, 11) is 1.67. The molecular weight excluding hydrogens is 178 g/mol. The van der Waals surface area contributed by atoms with Gasteiger partial charge in [-0.1, -0.05) is 13.8 Å². The Morgan fingerprint density at radius 1 is 1.43 bits per heavy atom. The third-order valence-corrected chi connectivity index (χ3v) is 3.18. The van der Waals surface area contributed by atoms with Gasteiger partial charge in [-0.3, -0.25) is 0 Å². The molecule has 1 unspecified atom stereocenters. The first-order valence-corrected chi connectivity index (χ1v) is 5.53. The molecule has 0 aromatic carbocycles. The molecule has 0 bridgehead atoms. The number of aliphatic hydroxyl groups excluding tert-OH is 1. The molecule has 3 nitrogen and oxygen atoms in total. The zero-order valence-corrected chi connectivity index (χ0v) is 9.49. The normalized spacial score (nSPS) is 28.9. The van der Waals surface area contributed by atoms with Crippen LogP contribution in [-0.4, -0.2) is 37.5 Å². The Morgan fingerprint density at radius 2 is 2.07 bits per heavy atom. The summed E-state index contributed by atoms with van der Waals surface area (Å²) in [6.07, 6.45) is 2.50. The van der Waals surface area contributed by atoms with Crippen molar-refractivity contribution in [2.24, 2.45) is 11.8 Å². The van der Waals surface area contributed by atoms with E-state index in [1.807, 2.05) is 0 Å². The predicted octanol–water partition coefficient (Wildman–Crippen LogP) is 1.02. The highest BCUT2D eigenvalue weighted by Gasteiger charge is 2.32. The second-order valence-electron chi connectivity index (χ2n) is 4.67. The van der Waals surface area contributed by atoms with Gasteiger partial charge in [-0.2, -0.15) is 0 Å². The molecule has 0 heterocycles. The van der Waals surface area contributed by atoms with Gasteiger partial charge in [0.25, 0.3) is 0 Å². The Morgan fingerprint density at radius 3 is 2.50 bits per heavy atom. The van der Waals surface area contributed by atoms with Gasteiger partial charge in [-0.25, -0.2) is 0 Å². The molecule has 0 spiro atoms. The van der Waals surface area contributed by atoms with Crippen LogP contribution in [0.15, 0.2) is 0 Å². The zero-order valence-electron chi connectivity index (χ0n) is 9.49. The molecule has 3 heteroatoms. The molecule has 1 aliphatic carbocycles. The number of nitrogens with one attached hydrogen (secondary N) is 1. The van der Waals surface area contributed by atoms with Crippen LogP contribution in [0.1, 0.15) is 26.7 Å². The van der Waals surface area contributed by atoms with Crippen LogP contribution in [0.3, 0.4) is 0 Å². The highest BCUT2D eigenvalue weighted by Crippen LogP contribution is 2.33. The van der Waals surface area contributed by atoms with Crippen LogP contribution >= 0.6 is 0 Å². The van der Waals surface area contributed by atoms with E-state index in [-0.39, 0.29) is 12.6 Å². The van der Waals surface area contributed by atoms with Crippen LogP contribution in [0.4, 0.5) is 0 Å². The van der Waals surface area contributed by atoms with Crippen molar-refractivity contribution in [2.45, 2.75) is 38.8 Å². The van der Waals surface area contributed by atoms with E-state index >= 15 is 0 Å². The number of hydrogen-bond donors (Lipinski definition) is 2. The fourth-order valence-corrected chi connectivity index (χ4v) is 2.03. The Hall–Kier alpha value is -0.120. The van der Waals surface area contributed by atoms with Gasteiger partial charge in [0.2, 0.25) is 0 Å². The van der Waals surface area contributed by atoms with Crippen LogP contribution < -0.4 is 5.32 Å². The number of methoxy groups -OCH3 is 1. The van der Waals surface area contributed by atoms with Crippen molar-refractivity contribution in [3.63, 3.8) is 0 Å². The topological polar surface area (TPSA) is 41.5 Å². The van der Waals surface area contributed by atoms with Crippen LogP contribution in [0.25, 0.3) is 0 Å². The van der Waals surface area contributed by atoms with Crippen LogP contribution in [0, 0.1) is 11.8 Å². The van der Waals surface area contributed by atoms with E-state index in [9.17, 15) is 0 Å². The molecule has 0 amide bonds. The van der Waals surface area contributed by atoms with E-state index in [2.05, 4.69) is 19.2 Å². The van der Waals surface area contributed by atoms with Gasteiger partial charge in [-0.15, -0.1) is 0 Å². The Labute approximate surface area is 86.8 Å². The monoisotopic (exact) mass is 201 g/mol. The van der Waals surface area contributed by atoms with Crippen LogP contribution in [0.2, 0.25) is 0 Å². The van der Waals surface area contributed by atoms with Crippen LogP contribution in [0.5, 0.6) is 0 Å². The lowest BCUT2D eigenvalue weighted by molar-refractivity contribution is 0.0911. The van der Waals surface area contributed by atoms with Gasteiger partial charge >= 0.3 is 0 Å². The summed E-state index contributed by atoms with van der Waals surface area (Å²) in [6.45, 7) is 5.31. The van der Waals surface area contributed by atoms with E-state index in [0.717, 1.165) is 11.8 Å². The first-order valence-electron chi connectivity index (χ1n) is 5.53. The van der Waals surface area contributed by atoms with Crippen molar-refractivity contribution in [1.29, 1.82) is 0 Å². The predicted molar refractivity (Wildman–Crippen MR) is 57.2 cm³/mol. The number of rotatable bonds is 6. The lowest BCUT2D eigenvalue weighted by Crippen LogP contribution is -2.50.